The fourth-order valence-corrected chi connectivity index (χ4v) is 17.0. The van der Waals surface area contributed by atoms with Gasteiger partial charge in [0.2, 0.25) is 6.71 Å². The molecule has 0 atom stereocenters. The van der Waals surface area contributed by atoms with Gasteiger partial charge >= 0.3 is 0 Å². The number of fused-ring (bicyclic) bond motifs is 8. The Labute approximate surface area is 577 Å². The molecule has 0 saturated heterocycles. The van der Waals surface area contributed by atoms with Gasteiger partial charge in [-0.1, -0.05) is 266 Å². The zero-order valence-corrected chi connectivity index (χ0v) is 54.3. The summed E-state index contributed by atoms with van der Waals surface area (Å²) in [4.78, 5) is 15.0. The Balaban J connectivity index is 0.888. The van der Waals surface area contributed by atoms with Gasteiger partial charge in [-0.25, -0.2) is 0 Å². The van der Waals surface area contributed by atoms with E-state index in [9.17, 15) is 0 Å². The Hall–Kier alpha value is -12.2. The van der Waals surface area contributed by atoms with E-state index in [0.717, 1.165) is 96.3 Å². The minimum atomic E-state index is -0.158. The van der Waals surface area contributed by atoms with Crippen LogP contribution in [0.3, 0.4) is 0 Å². The number of rotatable bonds is 12. The molecule has 15 aromatic carbocycles. The number of hydrogen-bond acceptors (Lipinski definition) is 6. The first-order valence-electron chi connectivity index (χ1n) is 33.7. The van der Waals surface area contributed by atoms with Crippen molar-refractivity contribution < 1.29 is 0 Å². The second-order valence-corrected chi connectivity index (χ2v) is 26.6. The Kier molecular flexibility index (Phi) is 14.0. The summed E-state index contributed by atoms with van der Waals surface area (Å²) >= 11 is 1.91. The van der Waals surface area contributed by atoms with E-state index in [1.807, 2.05) is 11.8 Å². The molecule has 0 spiro atoms. The number of para-hydroxylation sites is 7. The molecule has 458 valence electrons. The summed E-state index contributed by atoms with van der Waals surface area (Å²) in [6.07, 6.45) is 0. The molecular formula is C90H61B2N5S. The lowest BCUT2D eigenvalue weighted by Gasteiger charge is -2.46. The SMILES string of the molecule is c1ccc(-c2ccc(N(c3cccc(-c4ccccc4)c3)c3cc4c5c(c3)N(c3ccccc3)c3ccccc3B5c3cc5c(cc3S4)N(c3ccccc3-c3ccccc3)c3cc(N(c4ccccc4)c4ccccc4)cc4c3B5c3ccccc3N4c3ccccc3)cc2)cc1. The van der Waals surface area contributed by atoms with E-state index in [4.69, 9.17) is 0 Å². The molecule has 4 heterocycles. The molecular weight excluding hydrogens is 1200 g/mol. The molecule has 5 nitrogen and oxygen atoms in total. The molecule has 0 aliphatic carbocycles. The van der Waals surface area contributed by atoms with E-state index < -0.39 is 0 Å². The topological polar surface area (TPSA) is 16.2 Å². The van der Waals surface area contributed by atoms with Crippen LogP contribution in [0.1, 0.15) is 0 Å². The lowest BCUT2D eigenvalue weighted by molar-refractivity contribution is 1.22. The van der Waals surface area contributed by atoms with Crippen molar-refractivity contribution in [2.24, 2.45) is 0 Å². The van der Waals surface area contributed by atoms with Gasteiger partial charge in [-0.05, 0) is 176 Å². The average molecular weight is 1270 g/mol. The highest BCUT2D eigenvalue weighted by molar-refractivity contribution is 8.00. The molecule has 0 unspecified atom stereocenters. The van der Waals surface area contributed by atoms with Crippen LogP contribution in [0.25, 0.3) is 33.4 Å². The molecule has 0 bridgehead atoms. The van der Waals surface area contributed by atoms with Gasteiger partial charge in [0.05, 0.1) is 11.4 Å². The van der Waals surface area contributed by atoms with Gasteiger partial charge in [0, 0.05) is 89.3 Å². The zero-order valence-electron chi connectivity index (χ0n) is 53.5. The molecule has 0 amide bonds. The lowest BCUT2D eigenvalue weighted by atomic mass is 9.31. The molecule has 0 N–H and O–H groups in total. The third-order valence-corrected chi connectivity index (χ3v) is 21.1. The summed E-state index contributed by atoms with van der Waals surface area (Å²) in [5, 5.41) is 0. The van der Waals surface area contributed by atoms with Crippen LogP contribution in [0.4, 0.5) is 85.3 Å². The predicted molar refractivity (Wildman–Crippen MR) is 416 cm³/mol. The molecule has 0 saturated carbocycles. The van der Waals surface area contributed by atoms with Crippen LogP contribution in [0.5, 0.6) is 0 Å². The summed E-state index contributed by atoms with van der Waals surface area (Å²) in [5.41, 5.74) is 31.3. The van der Waals surface area contributed by atoms with E-state index in [0.29, 0.717) is 0 Å². The van der Waals surface area contributed by atoms with Crippen LogP contribution in [-0.2, 0) is 0 Å². The Bertz CT molecular complexity index is 5480. The molecule has 0 aromatic heterocycles. The van der Waals surface area contributed by atoms with E-state index >= 15 is 0 Å². The first kappa shape index (κ1) is 57.2. The third-order valence-electron chi connectivity index (χ3n) is 20.0. The first-order valence-corrected chi connectivity index (χ1v) is 34.5. The first-order chi connectivity index (χ1) is 48.6. The molecule has 0 fully saturated rings. The summed E-state index contributed by atoms with van der Waals surface area (Å²) in [6.45, 7) is -0.279. The fraction of sp³-hybridized carbons (Fsp3) is 0. The van der Waals surface area contributed by atoms with Crippen molar-refractivity contribution in [1.29, 1.82) is 0 Å². The van der Waals surface area contributed by atoms with Gasteiger partial charge < -0.3 is 24.5 Å². The van der Waals surface area contributed by atoms with Gasteiger partial charge in [0.1, 0.15) is 0 Å². The van der Waals surface area contributed by atoms with Crippen LogP contribution in [-0.4, -0.2) is 13.4 Å². The van der Waals surface area contributed by atoms with Crippen LogP contribution >= 0.6 is 11.8 Å². The van der Waals surface area contributed by atoms with Gasteiger partial charge in [-0.2, -0.15) is 0 Å². The summed E-state index contributed by atoms with van der Waals surface area (Å²) in [6, 6.07) is 137. The number of anilines is 15. The van der Waals surface area contributed by atoms with Crippen molar-refractivity contribution in [3.05, 3.63) is 370 Å². The average Bonchev–Trinajstić information content (AvgIpc) is 0.688. The number of hydrogen-bond donors (Lipinski definition) is 0. The van der Waals surface area contributed by atoms with Crippen LogP contribution in [0, 0.1) is 0 Å². The smallest absolute Gasteiger partial charge is 0.252 e. The fourth-order valence-electron chi connectivity index (χ4n) is 15.8. The van der Waals surface area contributed by atoms with Gasteiger partial charge in [0.25, 0.3) is 6.71 Å². The molecule has 98 heavy (non-hydrogen) atoms. The lowest BCUT2D eigenvalue weighted by Crippen LogP contribution is -2.64. The minimum Gasteiger partial charge on any atom is -0.311 e. The minimum absolute atomic E-state index is 0.120. The Morgan fingerprint density at radius 3 is 1.20 bits per heavy atom. The maximum absolute atomic E-state index is 2.65. The Morgan fingerprint density at radius 2 is 0.622 bits per heavy atom. The van der Waals surface area contributed by atoms with E-state index in [1.165, 1.54) is 64.9 Å². The van der Waals surface area contributed by atoms with E-state index in [1.54, 1.807) is 0 Å². The summed E-state index contributed by atoms with van der Waals surface area (Å²) in [5.74, 6) is 0. The monoisotopic (exact) mass is 1270 g/mol. The predicted octanol–water partition coefficient (Wildman–Crippen LogP) is 20.5. The number of nitrogens with zero attached hydrogens (tertiary/aromatic N) is 5. The van der Waals surface area contributed by atoms with E-state index in [2.05, 4.69) is 395 Å². The second-order valence-electron chi connectivity index (χ2n) is 25.5. The normalized spacial score (nSPS) is 12.8. The quantitative estimate of drug-likeness (QED) is 0.113. The van der Waals surface area contributed by atoms with Crippen molar-refractivity contribution >= 4 is 143 Å². The summed E-state index contributed by atoms with van der Waals surface area (Å²) in [7, 11) is 0. The van der Waals surface area contributed by atoms with Crippen LogP contribution in [0.2, 0.25) is 0 Å². The molecule has 4 aliphatic heterocycles. The molecule has 8 heteroatoms. The van der Waals surface area contributed by atoms with Crippen molar-refractivity contribution in [2.75, 3.05) is 24.5 Å². The number of benzene rings is 15. The van der Waals surface area contributed by atoms with Crippen molar-refractivity contribution in [3.8, 4) is 33.4 Å². The molecule has 19 rings (SSSR count). The van der Waals surface area contributed by atoms with Crippen molar-refractivity contribution in [3.63, 3.8) is 0 Å². The van der Waals surface area contributed by atoms with Crippen LogP contribution in [0.15, 0.2) is 380 Å². The van der Waals surface area contributed by atoms with Crippen LogP contribution < -0.4 is 57.3 Å². The standard InChI is InChI=1S/C90H61B2N5S/c1-8-29-62(30-9-1)64-51-53-71(54-52-64)94(72-44-28-35-66(55-72)63-31-10-2-11-32-63)74-58-86-90-88(59-74)98-87-61-83-78(60-79(87)92(90)77-47-24-27-50-82(77)96(86)70-42-20-7-21-43-70)91-76-46-23-26-49-81(76)95(69-40-18-6-19-41-69)84-56-73(93(67-36-14-4-15-37-67)68-38-16-5-17-39-68)57-85(89(84)91)97(83)80-48-25-22-45-75(80)65-33-12-3-13-34-65/h1-61H. The maximum Gasteiger partial charge on any atom is 0.252 e. The Morgan fingerprint density at radius 1 is 0.214 bits per heavy atom. The zero-order chi connectivity index (χ0) is 64.6. The van der Waals surface area contributed by atoms with Gasteiger partial charge in [-0.3, -0.25) is 0 Å². The van der Waals surface area contributed by atoms with Gasteiger partial charge in [-0.15, -0.1) is 0 Å². The second kappa shape index (κ2) is 23.9. The molecule has 15 aromatic rings. The highest BCUT2D eigenvalue weighted by Gasteiger charge is 2.48. The maximum atomic E-state index is 2.65. The van der Waals surface area contributed by atoms with Gasteiger partial charge in [0.15, 0.2) is 0 Å². The molecule has 0 radical (unpaired) electrons. The van der Waals surface area contributed by atoms with Crippen molar-refractivity contribution in [1.82, 2.24) is 0 Å². The summed E-state index contributed by atoms with van der Waals surface area (Å²) < 4.78 is 0. The highest BCUT2D eigenvalue weighted by Crippen LogP contribution is 2.53. The molecule has 4 aliphatic rings. The third kappa shape index (κ3) is 9.58. The van der Waals surface area contributed by atoms with Crippen molar-refractivity contribution in [2.45, 2.75) is 9.79 Å². The highest BCUT2D eigenvalue weighted by atomic mass is 32.2. The largest absolute Gasteiger partial charge is 0.311 e. The van der Waals surface area contributed by atoms with E-state index in [-0.39, 0.29) is 13.4 Å².